The highest BCUT2D eigenvalue weighted by molar-refractivity contribution is 5.71. The molecule has 0 radical (unpaired) electrons. The van der Waals surface area contributed by atoms with Gasteiger partial charge in [0.15, 0.2) is 0 Å². The van der Waals surface area contributed by atoms with Gasteiger partial charge in [-0.2, -0.15) is 0 Å². The van der Waals surface area contributed by atoms with E-state index >= 15 is 0 Å². The lowest BCUT2D eigenvalue weighted by Gasteiger charge is -2.41. The molecule has 1 unspecified atom stereocenters. The van der Waals surface area contributed by atoms with Gasteiger partial charge in [-0.1, -0.05) is 6.07 Å². The van der Waals surface area contributed by atoms with Gasteiger partial charge in [0.2, 0.25) is 0 Å². The molecular weight excluding hydrogens is 228 g/mol. The van der Waals surface area contributed by atoms with Crippen LogP contribution < -0.4 is 0 Å². The minimum absolute atomic E-state index is 0.230. The number of carboxylic acids is 1. The van der Waals surface area contributed by atoms with Crippen molar-refractivity contribution in [3.63, 3.8) is 0 Å². The standard InChI is InChI=1S/C12H13F2NO2/c1-7(15-5-8(6-15)12(16)17)10-3-2-9(13)4-11(10)14/h2-4,7-8H,5-6H2,1H3,(H,16,17). The second-order valence-electron chi connectivity index (χ2n) is 4.33. The molecule has 3 nitrogen and oxygen atoms in total. The third kappa shape index (κ3) is 2.29. The van der Waals surface area contributed by atoms with Crippen molar-refractivity contribution in [1.82, 2.24) is 4.90 Å². The lowest BCUT2D eigenvalue weighted by Crippen LogP contribution is -2.51. The molecule has 1 atom stereocenters. The van der Waals surface area contributed by atoms with Crippen LogP contribution in [0.4, 0.5) is 8.78 Å². The van der Waals surface area contributed by atoms with Crippen molar-refractivity contribution in [1.29, 1.82) is 0 Å². The summed E-state index contributed by atoms with van der Waals surface area (Å²) in [6, 6.07) is 3.24. The Balaban J connectivity index is 2.06. The summed E-state index contributed by atoms with van der Waals surface area (Å²) in [5, 5.41) is 8.74. The van der Waals surface area contributed by atoms with Gasteiger partial charge in [0, 0.05) is 30.8 Å². The number of nitrogens with zero attached hydrogens (tertiary/aromatic N) is 1. The zero-order valence-electron chi connectivity index (χ0n) is 9.36. The van der Waals surface area contributed by atoms with E-state index in [-0.39, 0.29) is 12.0 Å². The molecule has 0 amide bonds. The molecule has 17 heavy (non-hydrogen) atoms. The van der Waals surface area contributed by atoms with Crippen molar-refractivity contribution in [3.8, 4) is 0 Å². The van der Waals surface area contributed by atoms with Crippen LogP contribution in [0.3, 0.4) is 0 Å². The van der Waals surface area contributed by atoms with Crippen molar-refractivity contribution in [2.24, 2.45) is 5.92 Å². The SMILES string of the molecule is CC(c1ccc(F)cc1F)N1CC(C(=O)O)C1. The number of hydrogen-bond donors (Lipinski definition) is 1. The van der Waals surface area contributed by atoms with Crippen LogP contribution in [0.1, 0.15) is 18.5 Å². The van der Waals surface area contributed by atoms with E-state index in [4.69, 9.17) is 5.11 Å². The molecule has 1 aliphatic rings. The molecule has 1 fully saturated rings. The highest BCUT2D eigenvalue weighted by Crippen LogP contribution is 2.30. The van der Waals surface area contributed by atoms with Crippen molar-refractivity contribution >= 4 is 5.97 Å². The van der Waals surface area contributed by atoms with Crippen LogP contribution in [-0.4, -0.2) is 29.1 Å². The van der Waals surface area contributed by atoms with Crippen molar-refractivity contribution < 1.29 is 18.7 Å². The second kappa shape index (κ2) is 4.41. The summed E-state index contributed by atoms with van der Waals surface area (Å²) in [6.45, 7) is 2.61. The van der Waals surface area contributed by atoms with E-state index in [0.717, 1.165) is 6.07 Å². The molecule has 1 aromatic rings. The Kier molecular flexibility index (Phi) is 3.11. The third-order valence-corrected chi connectivity index (χ3v) is 3.22. The Labute approximate surface area is 97.7 Å². The van der Waals surface area contributed by atoms with Crippen LogP contribution >= 0.6 is 0 Å². The first-order valence-electron chi connectivity index (χ1n) is 5.41. The Morgan fingerprint density at radius 3 is 2.65 bits per heavy atom. The van der Waals surface area contributed by atoms with E-state index in [1.54, 1.807) is 6.92 Å². The number of carboxylic acid groups (broad SMARTS) is 1. The molecule has 92 valence electrons. The van der Waals surface area contributed by atoms with Gasteiger partial charge in [-0.05, 0) is 13.0 Å². The van der Waals surface area contributed by atoms with Gasteiger partial charge in [-0.15, -0.1) is 0 Å². The zero-order valence-corrected chi connectivity index (χ0v) is 9.36. The molecule has 0 aliphatic carbocycles. The topological polar surface area (TPSA) is 40.5 Å². The molecule has 0 spiro atoms. The Bertz CT molecular complexity index is 444. The number of rotatable bonds is 3. The Morgan fingerprint density at radius 1 is 1.47 bits per heavy atom. The summed E-state index contributed by atoms with van der Waals surface area (Å²) in [5.74, 6) is -2.39. The molecule has 1 aromatic carbocycles. The predicted octanol–water partition coefficient (Wildman–Crippen LogP) is 2.04. The summed E-state index contributed by atoms with van der Waals surface area (Å²) >= 11 is 0. The number of aliphatic carboxylic acids is 1. The van der Waals surface area contributed by atoms with Gasteiger partial charge in [-0.3, -0.25) is 9.69 Å². The molecule has 0 saturated carbocycles. The van der Waals surface area contributed by atoms with Crippen LogP contribution in [0.15, 0.2) is 18.2 Å². The number of hydrogen-bond acceptors (Lipinski definition) is 2. The lowest BCUT2D eigenvalue weighted by molar-refractivity contribution is -0.148. The van der Waals surface area contributed by atoms with Crippen LogP contribution in [0.2, 0.25) is 0 Å². The number of benzene rings is 1. The smallest absolute Gasteiger partial charge is 0.309 e. The fourth-order valence-corrected chi connectivity index (χ4v) is 2.02. The van der Waals surface area contributed by atoms with E-state index in [1.165, 1.54) is 12.1 Å². The van der Waals surface area contributed by atoms with E-state index in [9.17, 15) is 13.6 Å². The molecule has 1 aliphatic heterocycles. The first-order valence-corrected chi connectivity index (χ1v) is 5.41. The maximum absolute atomic E-state index is 13.5. The highest BCUT2D eigenvalue weighted by Gasteiger charge is 2.36. The van der Waals surface area contributed by atoms with E-state index in [2.05, 4.69) is 0 Å². The summed E-state index contributed by atoms with van der Waals surface area (Å²) in [7, 11) is 0. The normalized spacial score (nSPS) is 18.8. The van der Waals surface area contributed by atoms with Crippen LogP contribution in [0.5, 0.6) is 0 Å². The van der Waals surface area contributed by atoms with Gasteiger partial charge in [0.1, 0.15) is 11.6 Å². The van der Waals surface area contributed by atoms with Crippen LogP contribution in [0.25, 0.3) is 0 Å². The first-order chi connectivity index (χ1) is 7.99. The molecule has 1 saturated heterocycles. The number of halogens is 2. The predicted molar refractivity (Wildman–Crippen MR) is 57.5 cm³/mol. The molecule has 5 heteroatoms. The van der Waals surface area contributed by atoms with Crippen LogP contribution in [-0.2, 0) is 4.79 Å². The quantitative estimate of drug-likeness (QED) is 0.880. The molecule has 0 bridgehead atoms. The Hall–Kier alpha value is -1.49. The zero-order chi connectivity index (χ0) is 12.6. The number of likely N-dealkylation sites (tertiary alicyclic amines) is 1. The van der Waals surface area contributed by atoms with Gasteiger partial charge in [0.05, 0.1) is 5.92 Å². The monoisotopic (exact) mass is 241 g/mol. The lowest BCUT2D eigenvalue weighted by atomic mass is 9.95. The van der Waals surface area contributed by atoms with Crippen molar-refractivity contribution in [2.75, 3.05) is 13.1 Å². The average molecular weight is 241 g/mol. The fraction of sp³-hybridized carbons (Fsp3) is 0.417. The van der Waals surface area contributed by atoms with Crippen molar-refractivity contribution in [2.45, 2.75) is 13.0 Å². The summed E-state index contributed by atoms with van der Waals surface area (Å²) < 4.78 is 26.2. The molecule has 2 rings (SSSR count). The summed E-state index contributed by atoms with van der Waals surface area (Å²) in [5.41, 5.74) is 0.398. The Morgan fingerprint density at radius 2 is 2.12 bits per heavy atom. The third-order valence-electron chi connectivity index (χ3n) is 3.22. The molecule has 1 N–H and O–H groups in total. The van der Waals surface area contributed by atoms with E-state index < -0.39 is 17.6 Å². The summed E-state index contributed by atoms with van der Waals surface area (Å²) in [4.78, 5) is 12.5. The van der Waals surface area contributed by atoms with Gasteiger partial charge in [-0.25, -0.2) is 8.78 Å². The summed E-state index contributed by atoms with van der Waals surface area (Å²) in [6.07, 6.45) is 0. The molecule has 0 aromatic heterocycles. The maximum Gasteiger partial charge on any atom is 0.309 e. The van der Waals surface area contributed by atoms with Gasteiger partial charge < -0.3 is 5.11 Å². The maximum atomic E-state index is 13.5. The minimum atomic E-state index is -0.826. The minimum Gasteiger partial charge on any atom is -0.481 e. The van der Waals surface area contributed by atoms with Crippen LogP contribution in [0, 0.1) is 17.6 Å². The van der Waals surface area contributed by atoms with Crippen molar-refractivity contribution in [3.05, 3.63) is 35.4 Å². The average Bonchev–Trinajstić information content (AvgIpc) is 2.13. The van der Waals surface area contributed by atoms with E-state index in [1.807, 2.05) is 4.90 Å². The largest absolute Gasteiger partial charge is 0.481 e. The highest BCUT2D eigenvalue weighted by atomic mass is 19.1. The van der Waals surface area contributed by atoms with Gasteiger partial charge >= 0.3 is 5.97 Å². The van der Waals surface area contributed by atoms with E-state index in [0.29, 0.717) is 18.7 Å². The molecular formula is C12H13F2NO2. The number of carbonyl (C=O) groups is 1. The van der Waals surface area contributed by atoms with Gasteiger partial charge in [0.25, 0.3) is 0 Å². The second-order valence-corrected chi connectivity index (χ2v) is 4.33. The molecule has 1 heterocycles. The fourth-order valence-electron chi connectivity index (χ4n) is 2.02. The first kappa shape index (κ1) is 12.0.